The molecule has 3 heteroatoms. The third-order valence-electron chi connectivity index (χ3n) is 0.405. The standard InChI is InChI=1S/C3H2NO2/c5-4-2-1-3-6-4/h1,3H. The molecule has 6 heavy (non-hydrogen) atoms. The third kappa shape index (κ3) is 0.337. The van der Waals surface area contributed by atoms with Crippen molar-refractivity contribution >= 4 is 0 Å². The van der Waals surface area contributed by atoms with Gasteiger partial charge in [0.2, 0.25) is 0 Å². The molecule has 0 aliphatic carbocycles. The van der Waals surface area contributed by atoms with Crippen LogP contribution >= 0.6 is 0 Å². The molecule has 1 aromatic heterocycles. The predicted molar refractivity (Wildman–Crippen MR) is 16.5 cm³/mol. The fraction of sp³-hybridized carbons (Fsp3) is 0. The van der Waals surface area contributed by atoms with Gasteiger partial charge in [0, 0.05) is 12.3 Å². The number of rotatable bonds is 0. The van der Waals surface area contributed by atoms with Gasteiger partial charge in [0.15, 0.2) is 0 Å². The summed E-state index contributed by atoms with van der Waals surface area (Å²) in [6.45, 7) is 0. The second kappa shape index (κ2) is 1.01. The molecule has 0 saturated carbocycles. The number of aromatic nitrogens is 1. The zero-order chi connectivity index (χ0) is 4.41. The summed E-state index contributed by atoms with van der Waals surface area (Å²) in [5, 5.41) is 9.76. The molecule has 3 nitrogen and oxygen atoms in total. The van der Waals surface area contributed by atoms with E-state index in [-0.39, 0.29) is 4.90 Å². The van der Waals surface area contributed by atoms with Crippen molar-refractivity contribution in [1.82, 2.24) is 0 Å². The number of hydrogen-bond donors (Lipinski definition) is 0. The Hall–Kier alpha value is -0.990. The van der Waals surface area contributed by atoms with Crippen LogP contribution in [0.2, 0.25) is 0 Å². The van der Waals surface area contributed by atoms with Crippen molar-refractivity contribution in [3.63, 3.8) is 0 Å². The highest BCUT2D eigenvalue weighted by Gasteiger charge is 1.82. The Bertz CT molecular complexity index is 112. The van der Waals surface area contributed by atoms with E-state index in [9.17, 15) is 5.21 Å². The Labute approximate surface area is 34.4 Å². The van der Waals surface area contributed by atoms with Crippen LogP contribution in [0.15, 0.2) is 16.9 Å². The summed E-state index contributed by atoms with van der Waals surface area (Å²) in [6.07, 6.45) is 3.45. The van der Waals surface area contributed by atoms with Gasteiger partial charge in [-0.05, 0) is 0 Å². The van der Waals surface area contributed by atoms with Crippen molar-refractivity contribution in [2.75, 3.05) is 0 Å². The lowest BCUT2D eigenvalue weighted by Crippen LogP contribution is -2.20. The van der Waals surface area contributed by atoms with Crippen LogP contribution in [0.5, 0.6) is 0 Å². The average molecular weight is 84.1 g/mol. The summed E-state index contributed by atoms with van der Waals surface area (Å²) >= 11 is 0. The summed E-state index contributed by atoms with van der Waals surface area (Å²) in [4.78, 5) is 0.250. The van der Waals surface area contributed by atoms with E-state index >= 15 is 0 Å². The number of nitrogens with zero attached hydrogens (tertiary/aromatic N) is 1. The van der Waals surface area contributed by atoms with Crippen molar-refractivity contribution in [3.8, 4) is 0 Å². The largest absolute Gasteiger partial charge is 0.374 e. The first-order valence-electron chi connectivity index (χ1n) is 1.45. The molecule has 0 fully saturated rings. The Morgan fingerprint density at radius 2 is 2.67 bits per heavy atom. The molecule has 1 aromatic rings. The van der Waals surface area contributed by atoms with Crippen LogP contribution < -0.4 is 4.90 Å². The predicted octanol–water partition coefficient (Wildman–Crippen LogP) is -0.287. The van der Waals surface area contributed by atoms with Crippen LogP contribution in [-0.2, 0) is 0 Å². The van der Waals surface area contributed by atoms with Gasteiger partial charge in [0.1, 0.15) is 0 Å². The van der Waals surface area contributed by atoms with Gasteiger partial charge in [0.25, 0.3) is 0 Å². The molecule has 0 unspecified atom stereocenters. The van der Waals surface area contributed by atoms with Crippen LogP contribution in [0, 0.1) is 11.4 Å². The molecule has 0 N–H and O–H groups in total. The molecule has 0 aromatic carbocycles. The highest BCUT2D eigenvalue weighted by atomic mass is 16.7. The van der Waals surface area contributed by atoms with Gasteiger partial charge in [-0.2, -0.15) is 0 Å². The highest BCUT2D eigenvalue weighted by molar-refractivity contribution is 4.60. The zero-order valence-electron chi connectivity index (χ0n) is 2.92. The minimum Gasteiger partial charge on any atom is -0.374 e. The molecule has 0 saturated heterocycles. The van der Waals surface area contributed by atoms with E-state index in [0.29, 0.717) is 0 Å². The molecule has 0 atom stereocenters. The maximum Gasteiger partial charge on any atom is 0.345 e. The monoisotopic (exact) mass is 84.0 g/mol. The summed E-state index contributed by atoms with van der Waals surface area (Å²) in [6, 6.07) is 1.40. The third-order valence-corrected chi connectivity index (χ3v) is 0.405. The van der Waals surface area contributed by atoms with Crippen molar-refractivity contribution in [2.24, 2.45) is 0 Å². The Morgan fingerprint density at radius 3 is 2.83 bits per heavy atom. The first kappa shape index (κ1) is 3.21. The maximum absolute atomic E-state index is 9.76. The van der Waals surface area contributed by atoms with E-state index in [1.165, 1.54) is 12.3 Å². The van der Waals surface area contributed by atoms with Gasteiger partial charge in [-0.1, -0.05) is 0 Å². The first-order valence-corrected chi connectivity index (χ1v) is 1.45. The molecule has 1 heterocycles. The van der Waals surface area contributed by atoms with Gasteiger partial charge in [-0.3, -0.25) is 5.21 Å². The molecule has 31 valence electrons. The maximum atomic E-state index is 9.76. The fourth-order valence-electron chi connectivity index (χ4n) is 0.207. The second-order valence-corrected chi connectivity index (χ2v) is 0.794. The molecular formula is C3H2NO2. The van der Waals surface area contributed by atoms with E-state index in [1.807, 2.05) is 0 Å². The van der Waals surface area contributed by atoms with E-state index in [2.05, 4.69) is 10.7 Å². The SMILES string of the molecule is [O-][n+]1[c]cco1. The van der Waals surface area contributed by atoms with Crippen molar-refractivity contribution in [2.45, 2.75) is 0 Å². The lowest BCUT2D eigenvalue weighted by Gasteiger charge is -1.69. The van der Waals surface area contributed by atoms with Crippen molar-refractivity contribution in [3.05, 3.63) is 23.7 Å². The molecule has 1 radical (unpaired) electrons. The Kier molecular flexibility index (Phi) is 0.538. The van der Waals surface area contributed by atoms with Crippen LogP contribution in [-0.4, -0.2) is 0 Å². The normalized spacial score (nSPS) is 8.67. The minimum absolute atomic E-state index is 0.250. The Balaban J connectivity index is 3.05. The van der Waals surface area contributed by atoms with Gasteiger partial charge in [0.05, 0.1) is 4.90 Å². The summed E-state index contributed by atoms with van der Waals surface area (Å²) in [5.41, 5.74) is 0. The second-order valence-electron chi connectivity index (χ2n) is 0.794. The highest BCUT2D eigenvalue weighted by Crippen LogP contribution is 1.68. The molecule has 0 bridgehead atoms. The van der Waals surface area contributed by atoms with Crippen molar-refractivity contribution < 1.29 is 9.43 Å². The lowest BCUT2D eigenvalue weighted by atomic mass is 10.8. The Morgan fingerprint density at radius 1 is 1.83 bits per heavy atom. The topological polar surface area (TPSA) is 40.1 Å². The summed E-state index contributed by atoms with van der Waals surface area (Å²) < 4.78 is 4.14. The first-order chi connectivity index (χ1) is 2.89. The fourth-order valence-corrected chi connectivity index (χ4v) is 0.207. The van der Waals surface area contributed by atoms with Crippen molar-refractivity contribution in [1.29, 1.82) is 0 Å². The summed E-state index contributed by atoms with van der Waals surface area (Å²) in [7, 11) is 0. The van der Waals surface area contributed by atoms with Crippen LogP contribution in [0.1, 0.15) is 0 Å². The quantitative estimate of drug-likeness (QED) is 0.405. The molecular weight excluding hydrogens is 82.0 g/mol. The molecule has 0 spiro atoms. The van der Waals surface area contributed by atoms with Gasteiger partial charge >= 0.3 is 6.20 Å². The van der Waals surface area contributed by atoms with Gasteiger partial charge < -0.3 is 4.52 Å². The van der Waals surface area contributed by atoms with Crippen LogP contribution in [0.3, 0.4) is 0 Å². The lowest BCUT2D eigenvalue weighted by molar-refractivity contribution is -0.796. The minimum atomic E-state index is 0.250. The van der Waals surface area contributed by atoms with E-state index in [1.54, 1.807) is 0 Å². The van der Waals surface area contributed by atoms with E-state index in [4.69, 9.17) is 0 Å². The average Bonchev–Trinajstić information content (AvgIpc) is 1.86. The van der Waals surface area contributed by atoms with Gasteiger partial charge in [-0.25, -0.2) is 0 Å². The molecule has 0 aliphatic rings. The zero-order valence-corrected chi connectivity index (χ0v) is 2.92. The molecule has 1 rings (SSSR count). The van der Waals surface area contributed by atoms with Gasteiger partial charge in [-0.15, -0.1) is 0 Å². The number of hydrogen-bond acceptors (Lipinski definition) is 2. The van der Waals surface area contributed by atoms with E-state index < -0.39 is 0 Å². The molecule has 0 amide bonds. The smallest absolute Gasteiger partial charge is 0.345 e. The summed E-state index contributed by atoms with van der Waals surface area (Å²) in [5.74, 6) is 0. The van der Waals surface area contributed by atoms with Crippen LogP contribution in [0.4, 0.5) is 0 Å². The van der Waals surface area contributed by atoms with Crippen LogP contribution in [0.25, 0.3) is 0 Å². The molecule has 0 aliphatic heterocycles. The van der Waals surface area contributed by atoms with E-state index in [0.717, 1.165) is 0 Å².